The maximum absolute atomic E-state index is 12.4. The van der Waals surface area contributed by atoms with Gasteiger partial charge in [-0.05, 0) is 55.3 Å². The fourth-order valence-electron chi connectivity index (χ4n) is 3.33. The van der Waals surface area contributed by atoms with Crippen LogP contribution in [0.25, 0.3) is 0 Å². The summed E-state index contributed by atoms with van der Waals surface area (Å²) in [5, 5.41) is 14.9. The van der Waals surface area contributed by atoms with Crippen LogP contribution < -0.4 is 10.6 Å². The topological polar surface area (TPSA) is 80.0 Å². The second-order valence-electron chi connectivity index (χ2n) is 6.08. The molecule has 2 bridgehead atoms. The van der Waals surface area contributed by atoms with E-state index < -0.39 is 0 Å². The monoisotopic (exact) mass is 330 g/mol. The van der Waals surface area contributed by atoms with Crippen molar-refractivity contribution in [2.75, 3.05) is 0 Å². The van der Waals surface area contributed by atoms with Crippen LogP contribution in [0.4, 0.5) is 0 Å². The lowest BCUT2D eigenvalue weighted by molar-refractivity contribution is 0.0931. The van der Waals surface area contributed by atoms with Gasteiger partial charge in [0.25, 0.3) is 11.1 Å². The first-order chi connectivity index (χ1) is 11.2. The van der Waals surface area contributed by atoms with E-state index in [0.717, 1.165) is 17.7 Å². The van der Waals surface area contributed by atoms with Crippen molar-refractivity contribution in [1.82, 2.24) is 20.8 Å². The van der Waals surface area contributed by atoms with E-state index in [0.29, 0.717) is 28.8 Å². The highest BCUT2D eigenvalue weighted by Crippen LogP contribution is 2.29. The molecule has 2 aromatic rings. The van der Waals surface area contributed by atoms with Crippen LogP contribution in [0.3, 0.4) is 0 Å². The van der Waals surface area contributed by atoms with E-state index in [1.807, 2.05) is 24.3 Å². The Morgan fingerprint density at radius 2 is 2.13 bits per heavy atom. The zero-order valence-corrected chi connectivity index (χ0v) is 13.6. The summed E-state index contributed by atoms with van der Waals surface area (Å²) in [6.07, 6.45) is 3.44. The molecule has 1 aromatic carbocycles. The second-order valence-corrected chi connectivity index (χ2v) is 7.10. The average Bonchev–Trinajstić information content (AvgIpc) is 3.25. The summed E-state index contributed by atoms with van der Waals surface area (Å²) in [6.45, 7) is 1.76. The molecule has 3 atom stereocenters. The Kier molecular flexibility index (Phi) is 3.82. The summed E-state index contributed by atoms with van der Waals surface area (Å²) in [5.41, 5.74) is 0.679. The minimum atomic E-state index is -0.00506. The number of hydrogen-bond acceptors (Lipinski definition) is 6. The Morgan fingerprint density at radius 3 is 2.74 bits per heavy atom. The second kappa shape index (κ2) is 5.98. The van der Waals surface area contributed by atoms with Gasteiger partial charge in [0.15, 0.2) is 0 Å². The van der Waals surface area contributed by atoms with Crippen LogP contribution in [-0.4, -0.2) is 34.2 Å². The molecule has 4 rings (SSSR count). The maximum atomic E-state index is 12.4. The smallest absolute Gasteiger partial charge is 0.281 e. The van der Waals surface area contributed by atoms with Crippen LogP contribution in [0.5, 0.6) is 0 Å². The summed E-state index contributed by atoms with van der Waals surface area (Å²) in [4.78, 5) is 13.3. The van der Waals surface area contributed by atoms with Gasteiger partial charge in [-0.15, -0.1) is 10.2 Å². The number of amides is 1. The molecule has 2 saturated heterocycles. The van der Waals surface area contributed by atoms with Crippen molar-refractivity contribution in [1.29, 1.82) is 0 Å². The molecule has 120 valence electrons. The van der Waals surface area contributed by atoms with Gasteiger partial charge >= 0.3 is 0 Å². The largest absolute Gasteiger partial charge is 0.416 e. The van der Waals surface area contributed by atoms with Crippen molar-refractivity contribution < 1.29 is 9.21 Å². The molecule has 6 nitrogen and oxygen atoms in total. The van der Waals surface area contributed by atoms with Crippen LogP contribution in [0, 0.1) is 6.92 Å². The van der Waals surface area contributed by atoms with Gasteiger partial charge in [0.1, 0.15) is 0 Å². The van der Waals surface area contributed by atoms with Gasteiger partial charge in [0.05, 0.1) is 0 Å². The third-order valence-corrected chi connectivity index (χ3v) is 5.29. The summed E-state index contributed by atoms with van der Waals surface area (Å²) >= 11 is 1.39. The van der Waals surface area contributed by atoms with Crippen molar-refractivity contribution >= 4 is 17.7 Å². The number of carbonyl (C=O) groups is 1. The number of carbonyl (C=O) groups excluding carboxylic acids is 1. The zero-order chi connectivity index (χ0) is 15.8. The predicted octanol–water partition coefficient (Wildman–Crippen LogP) is 2.15. The summed E-state index contributed by atoms with van der Waals surface area (Å²) < 4.78 is 5.34. The minimum Gasteiger partial charge on any atom is -0.416 e. The van der Waals surface area contributed by atoms with E-state index in [1.165, 1.54) is 18.2 Å². The number of fused-ring (bicyclic) bond motifs is 2. The molecule has 2 aliphatic heterocycles. The number of aromatic nitrogens is 2. The van der Waals surface area contributed by atoms with E-state index >= 15 is 0 Å². The Labute approximate surface area is 138 Å². The van der Waals surface area contributed by atoms with Gasteiger partial charge in [-0.2, -0.15) is 0 Å². The van der Waals surface area contributed by atoms with Crippen molar-refractivity contribution in [2.45, 2.75) is 54.4 Å². The number of rotatable bonds is 4. The van der Waals surface area contributed by atoms with E-state index in [2.05, 4.69) is 20.8 Å². The quantitative estimate of drug-likeness (QED) is 0.894. The highest BCUT2D eigenvalue weighted by molar-refractivity contribution is 7.99. The minimum absolute atomic E-state index is 0.00506. The van der Waals surface area contributed by atoms with E-state index in [4.69, 9.17) is 4.42 Å². The lowest BCUT2D eigenvalue weighted by Gasteiger charge is -2.21. The standard InChI is InChI=1S/C16H18N4O2S/c1-9-19-20-16(22-9)23-12-5-2-10(3-6-12)15(21)18-14-8-11-4-7-13(14)17-11/h2-3,5-6,11,13-14,17H,4,7-8H2,1H3,(H,18,21). The summed E-state index contributed by atoms with van der Waals surface area (Å²) in [5.74, 6) is 0.539. The van der Waals surface area contributed by atoms with Crippen LogP contribution in [0.1, 0.15) is 35.5 Å². The molecule has 2 N–H and O–H groups in total. The van der Waals surface area contributed by atoms with Gasteiger partial charge in [-0.1, -0.05) is 0 Å². The lowest BCUT2D eigenvalue weighted by atomic mass is 9.95. The van der Waals surface area contributed by atoms with Gasteiger partial charge in [-0.3, -0.25) is 4.79 Å². The molecule has 0 spiro atoms. The predicted molar refractivity (Wildman–Crippen MR) is 85.4 cm³/mol. The first-order valence-corrected chi connectivity index (χ1v) is 8.64. The molecule has 2 fully saturated rings. The maximum Gasteiger partial charge on any atom is 0.281 e. The van der Waals surface area contributed by atoms with Gasteiger partial charge in [0, 0.05) is 35.5 Å². The first-order valence-electron chi connectivity index (χ1n) is 7.82. The lowest BCUT2D eigenvalue weighted by Crippen LogP contribution is -2.42. The normalized spacial score (nSPS) is 25.7. The third-order valence-electron chi connectivity index (χ3n) is 4.45. The fourth-order valence-corrected chi connectivity index (χ4v) is 4.05. The van der Waals surface area contributed by atoms with Crippen molar-refractivity contribution in [3.05, 3.63) is 35.7 Å². The number of nitrogens with zero attached hydrogens (tertiary/aromatic N) is 2. The molecule has 3 unspecified atom stereocenters. The highest BCUT2D eigenvalue weighted by Gasteiger charge is 2.39. The molecule has 0 saturated carbocycles. The molecule has 2 aliphatic rings. The number of nitrogens with one attached hydrogen (secondary N) is 2. The molecule has 23 heavy (non-hydrogen) atoms. The average molecular weight is 330 g/mol. The van der Waals surface area contributed by atoms with E-state index in [9.17, 15) is 4.79 Å². The van der Waals surface area contributed by atoms with Crippen molar-refractivity contribution in [3.63, 3.8) is 0 Å². The molecular weight excluding hydrogens is 312 g/mol. The Hall–Kier alpha value is -1.86. The summed E-state index contributed by atoms with van der Waals surface area (Å²) in [7, 11) is 0. The molecule has 7 heteroatoms. The zero-order valence-electron chi connectivity index (χ0n) is 12.8. The number of aryl methyl sites for hydroxylation is 1. The summed E-state index contributed by atoms with van der Waals surface area (Å²) in [6, 6.07) is 8.76. The fraction of sp³-hybridized carbons (Fsp3) is 0.438. The highest BCUT2D eigenvalue weighted by atomic mass is 32.2. The molecule has 0 aliphatic carbocycles. The third kappa shape index (κ3) is 3.11. The van der Waals surface area contributed by atoms with Gasteiger partial charge in [0.2, 0.25) is 5.89 Å². The van der Waals surface area contributed by atoms with Crippen molar-refractivity contribution in [3.8, 4) is 0 Å². The van der Waals surface area contributed by atoms with Crippen LogP contribution >= 0.6 is 11.8 Å². The Morgan fingerprint density at radius 1 is 1.30 bits per heavy atom. The van der Waals surface area contributed by atoms with Crippen LogP contribution in [-0.2, 0) is 0 Å². The molecule has 1 aromatic heterocycles. The molecule has 1 amide bonds. The number of hydrogen-bond donors (Lipinski definition) is 2. The van der Waals surface area contributed by atoms with E-state index in [1.54, 1.807) is 6.92 Å². The van der Waals surface area contributed by atoms with Crippen molar-refractivity contribution in [2.24, 2.45) is 0 Å². The molecular formula is C16H18N4O2S. The van der Waals surface area contributed by atoms with Crippen LogP contribution in [0.2, 0.25) is 0 Å². The molecule has 3 heterocycles. The first kappa shape index (κ1) is 14.7. The molecule has 0 radical (unpaired) electrons. The van der Waals surface area contributed by atoms with Crippen LogP contribution in [0.15, 0.2) is 38.8 Å². The van der Waals surface area contributed by atoms with Gasteiger partial charge in [-0.25, -0.2) is 0 Å². The number of benzene rings is 1. The Bertz CT molecular complexity index is 715. The SMILES string of the molecule is Cc1nnc(Sc2ccc(C(=O)NC3CC4CCC3N4)cc2)o1. The van der Waals surface area contributed by atoms with Gasteiger partial charge < -0.3 is 15.1 Å². The van der Waals surface area contributed by atoms with E-state index in [-0.39, 0.29) is 11.9 Å². The Balaban J connectivity index is 1.38.